The Labute approximate surface area is 114 Å². The van der Waals surface area contributed by atoms with Gasteiger partial charge in [-0.05, 0) is 39.1 Å². The smallest absolute Gasteiger partial charge is 0.0992 e. The monoisotopic (exact) mass is 259 g/mol. The average Bonchev–Trinajstić information content (AvgIpc) is 2.41. The van der Waals surface area contributed by atoms with E-state index in [1.54, 1.807) is 0 Å². The molecule has 0 saturated carbocycles. The topological polar surface area (TPSA) is 50.5 Å². The molecule has 0 amide bonds. The summed E-state index contributed by atoms with van der Waals surface area (Å²) in [6.45, 7) is 6.17. The predicted molar refractivity (Wildman–Crippen MR) is 76.1 cm³/mol. The Bertz CT molecular complexity index is 492. The van der Waals surface area contributed by atoms with Gasteiger partial charge >= 0.3 is 0 Å². The zero-order valence-electron chi connectivity index (χ0n) is 11.8. The molecule has 2 rings (SSSR count). The fourth-order valence-corrected chi connectivity index (χ4v) is 2.66. The lowest BCUT2D eigenvalue weighted by molar-refractivity contribution is 0.0455. The van der Waals surface area contributed by atoms with Gasteiger partial charge in [0.1, 0.15) is 0 Å². The van der Waals surface area contributed by atoms with Crippen LogP contribution in [0.1, 0.15) is 19.4 Å². The Kier molecular flexibility index (Phi) is 3.79. The Morgan fingerprint density at radius 2 is 2.21 bits per heavy atom. The van der Waals surface area contributed by atoms with Crippen LogP contribution in [0.15, 0.2) is 24.3 Å². The third kappa shape index (κ3) is 2.73. The largest absolute Gasteiger partial charge is 0.395 e. The maximum atomic E-state index is 9.54. The molecule has 0 aromatic heterocycles. The lowest BCUT2D eigenvalue weighted by atomic mass is 9.95. The van der Waals surface area contributed by atoms with E-state index in [0.29, 0.717) is 5.56 Å². The number of aliphatic hydroxyl groups excluding tert-OH is 1. The molecule has 102 valence electrons. The highest BCUT2D eigenvalue weighted by atomic mass is 16.3. The molecule has 0 radical (unpaired) electrons. The molecule has 1 aliphatic rings. The first-order chi connectivity index (χ1) is 8.97. The maximum Gasteiger partial charge on any atom is 0.0992 e. The minimum atomic E-state index is -0.00566. The van der Waals surface area contributed by atoms with Crippen LogP contribution >= 0.6 is 0 Å². The van der Waals surface area contributed by atoms with Gasteiger partial charge in [0.2, 0.25) is 0 Å². The molecule has 4 nitrogen and oxygen atoms in total. The van der Waals surface area contributed by atoms with E-state index in [2.05, 4.69) is 36.8 Å². The number of piperazine rings is 1. The van der Waals surface area contributed by atoms with Crippen LogP contribution in [0.2, 0.25) is 0 Å². The number of hydrogen-bond acceptors (Lipinski definition) is 4. The van der Waals surface area contributed by atoms with Gasteiger partial charge in [-0.2, -0.15) is 5.26 Å². The quantitative estimate of drug-likeness (QED) is 0.873. The highest BCUT2D eigenvalue weighted by Crippen LogP contribution is 2.27. The third-order valence-corrected chi connectivity index (χ3v) is 4.06. The summed E-state index contributed by atoms with van der Waals surface area (Å²) in [6.07, 6.45) is 0. The SMILES string of the molecule is CN1C(CO)CN(c2cccc(C#N)c2)CC1(C)C. The molecule has 4 heteroatoms. The second kappa shape index (κ2) is 5.20. The van der Waals surface area contributed by atoms with Crippen molar-refractivity contribution < 1.29 is 5.11 Å². The summed E-state index contributed by atoms with van der Waals surface area (Å²) in [7, 11) is 2.06. The van der Waals surface area contributed by atoms with Crippen molar-refractivity contribution in [2.75, 3.05) is 31.6 Å². The molecule has 1 aromatic carbocycles. The van der Waals surface area contributed by atoms with Gasteiger partial charge in [-0.25, -0.2) is 0 Å². The van der Waals surface area contributed by atoms with Crippen molar-refractivity contribution in [2.45, 2.75) is 25.4 Å². The van der Waals surface area contributed by atoms with Crippen molar-refractivity contribution in [3.05, 3.63) is 29.8 Å². The van der Waals surface area contributed by atoms with E-state index in [0.717, 1.165) is 18.8 Å². The second-order valence-electron chi connectivity index (χ2n) is 5.80. The number of rotatable bonds is 2. The summed E-state index contributed by atoms with van der Waals surface area (Å²) >= 11 is 0. The molecule has 1 atom stereocenters. The first kappa shape index (κ1) is 13.9. The van der Waals surface area contributed by atoms with Crippen LogP contribution in [-0.4, -0.2) is 48.3 Å². The van der Waals surface area contributed by atoms with Gasteiger partial charge in [-0.3, -0.25) is 4.90 Å². The van der Waals surface area contributed by atoms with Gasteiger partial charge in [0, 0.05) is 24.3 Å². The maximum absolute atomic E-state index is 9.54. The van der Waals surface area contributed by atoms with E-state index >= 15 is 0 Å². The van der Waals surface area contributed by atoms with Gasteiger partial charge in [0.05, 0.1) is 24.3 Å². The van der Waals surface area contributed by atoms with Crippen LogP contribution in [-0.2, 0) is 0 Å². The fourth-order valence-electron chi connectivity index (χ4n) is 2.66. The van der Waals surface area contributed by atoms with E-state index in [4.69, 9.17) is 5.26 Å². The predicted octanol–water partition coefficient (Wildman–Crippen LogP) is 1.45. The Hall–Kier alpha value is -1.57. The van der Waals surface area contributed by atoms with Crippen molar-refractivity contribution in [3.8, 4) is 6.07 Å². The van der Waals surface area contributed by atoms with Crippen molar-refractivity contribution in [2.24, 2.45) is 0 Å². The number of hydrogen-bond donors (Lipinski definition) is 1. The molecular formula is C15H21N3O. The number of aliphatic hydroxyl groups is 1. The van der Waals surface area contributed by atoms with E-state index in [-0.39, 0.29) is 18.2 Å². The minimum absolute atomic E-state index is 0.00566. The fraction of sp³-hybridized carbons (Fsp3) is 0.533. The summed E-state index contributed by atoms with van der Waals surface area (Å²) in [6, 6.07) is 9.96. The van der Waals surface area contributed by atoms with Crippen LogP contribution in [0, 0.1) is 11.3 Å². The standard InChI is InChI=1S/C15H21N3O/c1-15(2)11-18(9-14(10-19)17(15)3)13-6-4-5-12(7-13)8-16/h4-7,14,19H,9-11H2,1-3H3. The van der Waals surface area contributed by atoms with Crippen molar-refractivity contribution >= 4 is 5.69 Å². The molecule has 1 saturated heterocycles. The van der Waals surface area contributed by atoms with Gasteiger partial charge in [0.15, 0.2) is 0 Å². The minimum Gasteiger partial charge on any atom is -0.395 e. The van der Waals surface area contributed by atoms with Crippen LogP contribution < -0.4 is 4.90 Å². The number of nitriles is 1. The summed E-state index contributed by atoms with van der Waals surface area (Å²) < 4.78 is 0. The summed E-state index contributed by atoms with van der Waals surface area (Å²) in [5.74, 6) is 0. The summed E-state index contributed by atoms with van der Waals surface area (Å²) in [4.78, 5) is 4.49. The molecule has 19 heavy (non-hydrogen) atoms. The molecule has 1 fully saturated rings. The van der Waals surface area contributed by atoms with E-state index in [1.165, 1.54) is 0 Å². The van der Waals surface area contributed by atoms with Crippen molar-refractivity contribution in [3.63, 3.8) is 0 Å². The van der Waals surface area contributed by atoms with E-state index in [1.807, 2.05) is 24.3 Å². The normalized spacial score (nSPS) is 23.1. The highest BCUT2D eigenvalue weighted by Gasteiger charge is 2.37. The molecule has 1 aliphatic heterocycles. The lowest BCUT2D eigenvalue weighted by Crippen LogP contribution is -2.63. The van der Waals surface area contributed by atoms with Crippen LogP contribution in [0.3, 0.4) is 0 Å². The van der Waals surface area contributed by atoms with E-state index < -0.39 is 0 Å². The number of benzene rings is 1. The highest BCUT2D eigenvalue weighted by molar-refractivity contribution is 5.52. The van der Waals surface area contributed by atoms with Gasteiger partial charge < -0.3 is 10.0 Å². The molecule has 1 heterocycles. The van der Waals surface area contributed by atoms with Gasteiger partial charge in [-0.15, -0.1) is 0 Å². The molecule has 0 bridgehead atoms. The first-order valence-electron chi connectivity index (χ1n) is 6.57. The summed E-state index contributed by atoms with van der Waals surface area (Å²) in [5.41, 5.74) is 1.72. The molecule has 1 aromatic rings. The number of anilines is 1. The molecule has 0 aliphatic carbocycles. The van der Waals surface area contributed by atoms with Crippen LogP contribution in [0.25, 0.3) is 0 Å². The molecule has 1 N–H and O–H groups in total. The van der Waals surface area contributed by atoms with Crippen LogP contribution in [0.5, 0.6) is 0 Å². The molecule has 1 unspecified atom stereocenters. The average molecular weight is 259 g/mol. The van der Waals surface area contributed by atoms with E-state index in [9.17, 15) is 5.11 Å². The summed E-state index contributed by atoms with van der Waals surface area (Å²) in [5, 5.41) is 18.5. The number of nitrogens with zero attached hydrogens (tertiary/aromatic N) is 3. The van der Waals surface area contributed by atoms with Crippen molar-refractivity contribution in [1.82, 2.24) is 4.90 Å². The van der Waals surface area contributed by atoms with Gasteiger partial charge in [0.25, 0.3) is 0 Å². The Morgan fingerprint density at radius 1 is 1.47 bits per heavy atom. The first-order valence-corrected chi connectivity index (χ1v) is 6.57. The molecule has 0 spiro atoms. The Morgan fingerprint density at radius 3 is 2.84 bits per heavy atom. The molecular weight excluding hydrogens is 238 g/mol. The van der Waals surface area contributed by atoms with Crippen LogP contribution in [0.4, 0.5) is 5.69 Å². The third-order valence-electron chi connectivity index (χ3n) is 4.06. The lowest BCUT2D eigenvalue weighted by Gasteiger charge is -2.50. The zero-order valence-corrected chi connectivity index (χ0v) is 11.8. The van der Waals surface area contributed by atoms with Gasteiger partial charge in [-0.1, -0.05) is 6.07 Å². The Balaban J connectivity index is 2.28. The number of likely N-dealkylation sites (N-methyl/N-ethyl adjacent to an activating group) is 1. The zero-order chi connectivity index (χ0) is 14.0. The van der Waals surface area contributed by atoms with Crippen molar-refractivity contribution in [1.29, 1.82) is 5.26 Å². The second-order valence-corrected chi connectivity index (χ2v) is 5.80.